The number of hydrogen-bond donors (Lipinski definition) is 1. The minimum Gasteiger partial charge on any atom is -0.606 e. The molecule has 0 spiro atoms. The van der Waals surface area contributed by atoms with Gasteiger partial charge in [-0.05, 0) is 67.1 Å². The molecule has 0 aliphatic carbocycles. The van der Waals surface area contributed by atoms with Gasteiger partial charge >= 0.3 is 13.9 Å². The number of H-pyrrole nitrogens is 1. The summed E-state index contributed by atoms with van der Waals surface area (Å²) in [7, 11) is -0.766. The predicted molar refractivity (Wildman–Crippen MR) is 180 cm³/mol. The number of benzene rings is 3. The van der Waals surface area contributed by atoms with Gasteiger partial charge in [0.2, 0.25) is 0 Å². The van der Waals surface area contributed by atoms with Gasteiger partial charge in [-0.2, -0.15) is 13.6 Å². The van der Waals surface area contributed by atoms with Crippen molar-refractivity contribution in [2.75, 3.05) is 34.0 Å². The zero-order chi connectivity index (χ0) is 34.4. The fraction of sp³-hybridized carbons (Fsp3) is 0.389. The van der Waals surface area contributed by atoms with Crippen molar-refractivity contribution in [3.8, 4) is 11.5 Å². The van der Waals surface area contributed by atoms with Gasteiger partial charge < -0.3 is 23.8 Å². The maximum Gasteiger partial charge on any atom is 0.379 e. The molecular weight excluding hydrogens is 651 g/mol. The van der Waals surface area contributed by atoms with Crippen molar-refractivity contribution >= 4 is 8.17 Å². The molecule has 1 aromatic heterocycles. The van der Waals surface area contributed by atoms with E-state index in [2.05, 4.69) is 4.98 Å². The first-order valence-corrected chi connectivity index (χ1v) is 17.7. The summed E-state index contributed by atoms with van der Waals surface area (Å²) in [5, 5.41) is 0. The van der Waals surface area contributed by atoms with E-state index in [1.165, 1.54) is 10.8 Å². The number of phosphoric ester groups is 1. The van der Waals surface area contributed by atoms with E-state index in [1.54, 1.807) is 21.1 Å². The first-order valence-electron chi connectivity index (χ1n) is 16.3. The van der Waals surface area contributed by atoms with Crippen LogP contribution in [0.4, 0.5) is 0 Å². The van der Waals surface area contributed by atoms with Crippen LogP contribution in [0.5, 0.6) is 11.5 Å². The van der Waals surface area contributed by atoms with Crippen LogP contribution >= 0.6 is 8.17 Å². The average molecular weight is 693 g/mol. The van der Waals surface area contributed by atoms with E-state index in [9.17, 15) is 14.5 Å². The van der Waals surface area contributed by atoms with E-state index >= 15 is 0 Å². The summed E-state index contributed by atoms with van der Waals surface area (Å²) in [5.74, 6) is 1.36. The average Bonchev–Trinajstić information content (AvgIpc) is 3.51. The Labute approximate surface area is 285 Å². The Hall–Kier alpha value is -3.87. The maximum atomic E-state index is 13.8. The van der Waals surface area contributed by atoms with E-state index in [0.29, 0.717) is 17.1 Å². The van der Waals surface area contributed by atoms with Gasteiger partial charge in [0.1, 0.15) is 35.5 Å². The van der Waals surface area contributed by atoms with Crippen LogP contribution in [-0.2, 0) is 28.6 Å². The molecule has 3 aromatic carbocycles. The third-order valence-electron chi connectivity index (χ3n) is 8.83. The molecule has 0 unspecified atom stereocenters. The molecule has 13 heteroatoms. The molecule has 0 amide bonds. The molecule has 49 heavy (non-hydrogen) atoms. The van der Waals surface area contributed by atoms with Crippen molar-refractivity contribution in [2.45, 2.75) is 56.6 Å². The third-order valence-corrected chi connectivity index (χ3v) is 10.4. The van der Waals surface area contributed by atoms with Crippen molar-refractivity contribution < 1.29 is 37.4 Å². The molecule has 260 valence electrons. The Morgan fingerprint density at radius 2 is 1.43 bits per heavy atom. The zero-order valence-corrected chi connectivity index (χ0v) is 28.6. The lowest BCUT2D eigenvalue weighted by Gasteiger charge is -2.37. The molecule has 1 N–H and O–H groups in total. The number of aromatic nitrogens is 2. The van der Waals surface area contributed by atoms with Crippen LogP contribution in [0, 0.1) is 6.92 Å². The number of ether oxygens (including phenoxy) is 4. The molecule has 4 aromatic rings. The first kappa shape index (κ1) is 35.0. The summed E-state index contributed by atoms with van der Waals surface area (Å²) in [5.41, 5.74) is 0.494. The second-order valence-corrected chi connectivity index (χ2v) is 13.6. The minimum atomic E-state index is -3.98. The quantitative estimate of drug-likeness (QED) is 0.172. The van der Waals surface area contributed by atoms with E-state index < -0.39 is 43.5 Å². The number of hydrogen-bond acceptors (Lipinski definition) is 10. The van der Waals surface area contributed by atoms with E-state index in [1.807, 2.05) is 78.9 Å². The van der Waals surface area contributed by atoms with Gasteiger partial charge in [0, 0.05) is 18.2 Å². The van der Waals surface area contributed by atoms with Gasteiger partial charge in [0.25, 0.3) is 5.56 Å². The van der Waals surface area contributed by atoms with Crippen LogP contribution in [-0.4, -0.2) is 55.8 Å². The van der Waals surface area contributed by atoms with Crippen molar-refractivity contribution in [2.24, 2.45) is 0 Å². The van der Waals surface area contributed by atoms with Gasteiger partial charge in [0.05, 0.1) is 34.0 Å². The minimum absolute atomic E-state index is 0.0643. The summed E-state index contributed by atoms with van der Waals surface area (Å²) >= 11 is 0. The number of rotatable bonds is 11. The van der Waals surface area contributed by atoms with Crippen LogP contribution < -0.4 is 25.6 Å². The molecule has 2 fully saturated rings. The maximum absolute atomic E-state index is 13.8. The van der Waals surface area contributed by atoms with Crippen molar-refractivity contribution in [1.82, 2.24) is 9.55 Å². The second-order valence-electron chi connectivity index (χ2n) is 12.0. The highest BCUT2D eigenvalue weighted by atomic mass is 31.2. The lowest BCUT2D eigenvalue weighted by molar-refractivity contribution is -0.256. The molecule has 2 saturated heterocycles. The predicted octanol–water partition coefficient (Wildman–Crippen LogP) is 4.80. The molecule has 12 nitrogen and oxygen atoms in total. The molecule has 3 heterocycles. The molecule has 0 bridgehead atoms. The normalized spacial score (nSPS) is 21.1. The topological polar surface area (TPSA) is 143 Å². The summed E-state index contributed by atoms with van der Waals surface area (Å²) < 4.78 is 43.2. The van der Waals surface area contributed by atoms with Gasteiger partial charge in [-0.1, -0.05) is 54.6 Å². The number of methoxy groups -OCH3 is 2. The molecule has 2 aliphatic heterocycles. The van der Waals surface area contributed by atoms with Crippen molar-refractivity contribution in [3.63, 3.8) is 0 Å². The Kier molecular flexibility index (Phi) is 11.0. The number of nitrogens with zero attached hydrogens (tertiary/aromatic N) is 1. The highest BCUT2D eigenvalue weighted by Gasteiger charge is 2.48. The van der Waals surface area contributed by atoms with Crippen LogP contribution in [0.25, 0.3) is 0 Å². The number of aryl methyl sites for hydroxylation is 1. The van der Waals surface area contributed by atoms with Crippen molar-refractivity contribution in [1.29, 1.82) is 0 Å². The van der Waals surface area contributed by atoms with Gasteiger partial charge in [0.15, 0.2) is 0 Å². The van der Waals surface area contributed by atoms with E-state index in [4.69, 9.17) is 32.5 Å². The smallest absolute Gasteiger partial charge is 0.379 e. The summed E-state index contributed by atoms with van der Waals surface area (Å²) in [6.45, 7) is 1.98. The van der Waals surface area contributed by atoms with Crippen molar-refractivity contribution in [3.05, 3.63) is 128 Å². The SMILES string of the molecule is COc1ccc(C(OC[C@H]2O[C@@H](n3cc(C)c(=O)[nH]c3=O)C[C@@H]2O[P+]2([O-])OCCCCCO2)(c2ccccc2)c2ccc(OC)cc2)cc1. The molecule has 6 rings (SSSR count). The summed E-state index contributed by atoms with van der Waals surface area (Å²) in [6.07, 6.45) is 1.32. The molecular formula is C36H41N2O10P. The largest absolute Gasteiger partial charge is 0.606 e. The van der Waals surface area contributed by atoms with Crippen LogP contribution in [0.1, 0.15) is 54.2 Å². The summed E-state index contributed by atoms with van der Waals surface area (Å²) in [6, 6.07) is 25.0. The van der Waals surface area contributed by atoms with Crippen LogP contribution in [0.3, 0.4) is 0 Å². The Balaban J connectivity index is 1.41. The van der Waals surface area contributed by atoms with Gasteiger partial charge in [-0.3, -0.25) is 14.3 Å². The van der Waals surface area contributed by atoms with E-state index in [-0.39, 0.29) is 26.2 Å². The molecule has 2 aliphatic rings. The third kappa shape index (κ3) is 7.66. The molecule has 0 saturated carbocycles. The monoisotopic (exact) mass is 692 g/mol. The first-order chi connectivity index (χ1) is 23.7. The number of phosphoric acid groups is 1. The highest BCUT2D eigenvalue weighted by molar-refractivity contribution is 7.54. The number of nitrogens with one attached hydrogen (secondary N) is 1. The van der Waals surface area contributed by atoms with Crippen LogP contribution in [0.2, 0.25) is 0 Å². The van der Waals surface area contributed by atoms with Gasteiger partial charge in [-0.25, -0.2) is 4.79 Å². The lowest BCUT2D eigenvalue weighted by Crippen LogP contribution is -2.39. The Morgan fingerprint density at radius 3 is 2.00 bits per heavy atom. The fourth-order valence-corrected chi connectivity index (χ4v) is 7.67. The second kappa shape index (κ2) is 15.3. The Morgan fingerprint density at radius 1 is 0.857 bits per heavy atom. The molecule has 0 radical (unpaired) electrons. The highest BCUT2D eigenvalue weighted by Crippen LogP contribution is 2.57. The zero-order valence-electron chi connectivity index (χ0n) is 27.7. The standard InChI is InChI=1S/C36H41N2O10P/c1-25-23-38(35(40)37-34(25)39)33-22-31(48-49(41)45-20-8-5-9-21-46-49)32(47-33)24-44-36(26-10-6-4-7-11-26,27-12-16-29(42-2)17-13-27)28-14-18-30(43-3)19-15-28/h4,6-7,10-19,23,31-33H,5,8-9,20-22,24H2,1-3H3,(H,37,39,40)/t31-,32+,33+/m0/s1. The number of aromatic amines is 1. The van der Waals surface area contributed by atoms with Crippen LogP contribution in [0.15, 0.2) is 94.6 Å². The fourth-order valence-electron chi connectivity index (χ4n) is 6.21. The lowest BCUT2D eigenvalue weighted by atomic mass is 9.80. The van der Waals surface area contributed by atoms with Gasteiger partial charge in [-0.15, -0.1) is 0 Å². The Bertz CT molecular complexity index is 1740. The van der Waals surface area contributed by atoms with E-state index in [0.717, 1.165) is 36.0 Å². The molecule has 3 atom stereocenters. The summed E-state index contributed by atoms with van der Waals surface area (Å²) in [4.78, 5) is 41.2.